The monoisotopic (exact) mass is 132 g/mol. The van der Waals surface area contributed by atoms with Crippen LogP contribution in [0.15, 0.2) is 41.1 Å². The van der Waals surface area contributed by atoms with Gasteiger partial charge in [-0.3, -0.25) is 5.43 Å². The van der Waals surface area contributed by atoms with Crippen LogP contribution in [0, 0.1) is 0 Å². The SMILES string of the molecule is C1=CC2=CC=NNC2C=C1. The van der Waals surface area contributed by atoms with Crippen molar-refractivity contribution in [2.45, 2.75) is 6.04 Å². The lowest BCUT2D eigenvalue weighted by Gasteiger charge is -2.18. The summed E-state index contributed by atoms with van der Waals surface area (Å²) in [6.45, 7) is 0. The van der Waals surface area contributed by atoms with Crippen molar-refractivity contribution in [2.75, 3.05) is 0 Å². The predicted octanol–water partition coefficient (Wildman–Crippen LogP) is 0.996. The zero-order valence-electron chi connectivity index (χ0n) is 5.49. The first-order chi connectivity index (χ1) is 4.97. The molecule has 2 heteroatoms. The van der Waals surface area contributed by atoms with E-state index in [2.05, 4.69) is 22.7 Å². The summed E-state index contributed by atoms with van der Waals surface area (Å²) in [7, 11) is 0. The van der Waals surface area contributed by atoms with E-state index < -0.39 is 0 Å². The minimum absolute atomic E-state index is 0.301. The summed E-state index contributed by atoms with van der Waals surface area (Å²) in [5.74, 6) is 0. The first kappa shape index (κ1) is 5.47. The first-order valence-electron chi connectivity index (χ1n) is 3.30. The Morgan fingerprint density at radius 1 is 1.40 bits per heavy atom. The second kappa shape index (κ2) is 2.14. The summed E-state index contributed by atoms with van der Waals surface area (Å²) in [6, 6.07) is 0.301. The quantitative estimate of drug-likeness (QED) is 0.522. The fourth-order valence-electron chi connectivity index (χ4n) is 1.08. The van der Waals surface area contributed by atoms with Gasteiger partial charge in [0.2, 0.25) is 0 Å². The molecule has 2 aliphatic rings. The summed E-state index contributed by atoms with van der Waals surface area (Å²) in [5, 5.41) is 3.92. The zero-order valence-corrected chi connectivity index (χ0v) is 5.49. The van der Waals surface area contributed by atoms with E-state index in [1.54, 1.807) is 6.21 Å². The van der Waals surface area contributed by atoms with E-state index in [1.807, 2.05) is 18.2 Å². The van der Waals surface area contributed by atoms with Crippen LogP contribution in [0.25, 0.3) is 0 Å². The molecule has 1 heterocycles. The molecular formula is C8H8N2. The van der Waals surface area contributed by atoms with E-state index in [0.29, 0.717) is 6.04 Å². The van der Waals surface area contributed by atoms with Crippen LogP contribution in [0.2, 0.25) is 0 Å². The number of allylic oxidation sites excluding steroid dienone is 3. The van der Waals surface area contributed by atoms with Gasteiger partial charge in [-0.15, -0.1) is 0 Å². The molecule has 0 spiro atoms. The third kappa shape index (κ3) is 0.778. The molecule has 0 bridgehead atoms. The highest BCUT2D eigenvalue weighted by molar-refractivity contribution is 5.75. The van der Waals surface area contributed by atoms with E-state index in [0.717, 1.165) is 0 Å². The summed E-state index contributed by atoms with van der Waals surface area (Å²) in [6.07, 6.45) is 12.0. The number of fused-ring (bicyclic) bond motifs is 1. The van der Waals surface area contributed by atoms with Crippen LogP contribution in [0.4, 0.5) is 0 Å². The Morgan fingerprint density at radius 3 is 3.30 bits per heavy atom. The van der Waals surface area contributed by atoms with Crippen molar-refractivity contribution >= 4 is 6.21 Å². The highest BCUT2D eigenvalue weighted by Crippen LogP contribution is 2.12. The molecule has 0 fully saturated rings. The summed E-state index contributed by atoms with van der Waals surface area (Å²) < 4.78 is 0. The minimum atomic E-state index is 0.301. The fraction of sp³-hybridized carbons (Fsp3) is 0.125. The molecule has 1 atom stereocenters. The number of hydrogen-bond donors (Lipinski definition) is 1. The van der Waals surface area contributed by atoms with Crippen molar-refractivity contribution in [3.63, 3.8) is 0 Å². The molecule has 10 heavy (non-hydrogen) atoms. The third-order valence-corrected chi connectivity index (χ3v) is 1.62. The van der Waals surface area contributed by atoms with E-state index in [9.17, 15) is 0 Å². The van der Waals surface area contributed by atoms with Gasteiger partial charge in [-0.2, -0.15) is 5.10 Å². The van der Waals surface area contributed by atoms with Gasteiger partial charge in [0.15, 0.2) is 0 Å². The third-order valence-electron chi connectivity index (χ3n) is 1.62. The van der Waals surface area contributed by atoms with Crippen molar-refractivity contribution in [1.29, 1.82) is 0 Å². The van der Waals surface area contributed by atoms with Gasteiger partial charge in [0.25, 0.3) is 0 Å². The Kier molecular flexibility index (Phi) is 1.17. The van der Waals surface area contributed by atoms with Gasteiger partial charge in [0.05, 0.1) is 6.04 Å². The molecule has 0 saturated heterocycles. The van der Waals surface area contributed by atoms with Gasteiger partial charge in [-0.1, -0.05) is 24.3 Å². The molecule has 50 valence electrons. The summed E-state index contributed by atoms with van der Waals surface area (Å²) in [4.78, 5) is 0. The van der Waals surface area contributed by atoms with E-state index in [-0.39, 0.29) is 0 Å². The van der Waals surface area contributed by atoms with Gasteiger partial charge in [-0.25, -0.2) is 0 Å². The fourth-order valence-corrected chi connectivity index (χ4v) is 1.08. The molecule has 0 saturated carbocycles. The molecule has 0 aromatic rings. The van der Waals surface area contributed by atoms with Crippen LogP contribution in [0.5, 0.6) is 0 Å². The number of hydrazone groups is 1. The van der Waals surface area contributed by atoms with Crippen molar-refractivity contribution in [2.24, 2.45) is 5.10 Å². The van der Waals surface area contributed by atoms with Gasteiger partial charge in [0, 0.05) is 6.21 Å². The Morgan fingerprint density at radius 2 is 2.40 bits per heavy atom. The molecule has 0 amide bonds. The Bertz CT molecular complexity index is 246. The number of nitrogens with zero attached hydrogens (tertiary/aromatic N) is 1. The molecule has 1 N–H and O–H groups in total. The van der Waals surface area contributed by atoms with Crippen LogP contribution in [-0.2, 0) is 0 Å². The number of nitrogens with one attached hydrogen (secondary N) is 1. The second-order valence-electron chi connectivity index (χ2n) is 2.30. The molecular weight excluding hydrogens is 124 g/mol. The Hall–Kier alpha value is -1.31. The van der Waals surface area contributed by atoms with Crippen LogP contribution in [0.3, 0.4) is 0 Å². The topological polar surface area (TPSA) is 24.4 Å². The average Bonchev–Trinajstić information content (AvgIpc) is 2.05. The Balaban J connectivity index is 2.34. The standard InChI is InChI=1S/C8H8N2/c1-2-4-8-7(3-1)5-6-9-10-8/h1-6,8,10H. The van der Waals surface area contributed by atoms with Crippen LogP contribution >= 0.6 is 0 Å². The largest absolute Gasteiger partial charge is 0.299 e. The molecule has 0 aromatic carbocycles. The van der Waals surface area contributed by atoms with Gasteiger partial charge < -0.3 is 0 Å². The summed E-state index contributed by atoms with van der Waals surface area (Å²) in [5.41, 5.74) is 4.26. The maximum Gasteiger partial charge on any atom is 0.0874 e. The molecule has 1 aliphatic heterocycles. The van der Waals surface area contributed by atoms with Crippen LogP contribution in [-0.4, -0.2) is 12.3 Å². The maximum absolute atomic E-state index is 3.92. The second-order valence-corrected chi connectivity index (χ2v) is 2.30. The van der Waals surface area contributed by atoms with E-state index >= 15 is 0 Å². The normalized spacial score (nSPS) is 27.2. The van der Waals surface area contributed by atoms with E-state index in [1.165, 1.54) is 5.57 Å². The van der Waals surface area contributed by atoms with Gasteiger partial charge >= 0.3 is 0 Å². The van der Waals surface area contributed by atoms with Crippen molar-refractivity contribution < 1.29 is 0 Å². The number of rotatable bonds is 0. The molecule has 0 aromatic heterocycles. The molecule has 0 radical (unpaired) electrons. The van der Waals surface area contributed by atoms with Crippen molar-refractivity contribution in [3.8, 4) is 0 Å². The molecule has 2 rings (SSSR count). The highest BCUT2D eigenvalue weighted by Gasteiger charge is 2.10. The van der Waals surface area contributed by atoms with Crippen LogP contribution in [0.1, 0.15) is 0 Å². The summed E-state index contributed by atoms with van der Waals surface area (Å²) >= 11 is 0. The minimum Gasteiger partial charge on any atom is -0.299 e. The highest BCUT2D eigenvalue weighted by atomic mass is 15.3. The van der Waals surface area contributed by atoms with Gasteiger partial charge in [-0.05, 0) is 11.6 Å². The molecule has 1 aliphatic carbocycles. The number of hydrogen-bond acceptors (Lipinski definition) is 2. The van der Waals surface area contributed by atoms with Crippen molar-refractivity contribution in [3.05, 3.63) is 36.0 Å². The van der Waals surface area contributed by atoms with Crippen LogP contribution < -0.4 is 5.43 Å². The average molecular weight is 132 g/mol. The lowest BCUT2D eigenvalue weighted by atomic mass is 10.0. The van der Waals surface area contributed by atoms with E-state index in [4.69, 9.17) is 0 Å². The first-order valence-corrected chi connectivity index (χ1v) is 3.30. The predicted molar refractivity (Wildman–Crippen MR) is 41.8 cm³/mol. The maximum atomic E-state index is 3.92. The molecule has 1 unspecified atom stereocenters. The smallest absolute Gasteiger partial charge is 0.0874 e. The zero-order chi connectivity index (χ0) is 6.81. The lowest BCUT2D eigenvalue weighted by Crippen LogP contribution is -2.27. The lowest BCUT2D eigenvalue weighted by molar-refractivity contribution is 0.696. The Labute approximate surface area is 59.6 Å². The van der Waals surface area contributed by atoms with Gasteiger partial charge in [0.1, 0.15) is 0 Å². The molecule has 2 nitrogen and oxygen atoms in total. The van der Waals surface area contributed by atoms with Crippen molar-refractivity contribution in [1.82, 2.24) is 5.43 Å².